The molecule has 2 atom stereocenters. The third kappa shape index (κ3) is 3.03. The minimum atomic E-state index is -0.821. The quantitative estimate of drug-likeness (QED) is 0.887. The molecule has 2 unspecified atom stereocenters. The van der Waals surface area contributed by atoms with E-state index in [-0.39, 0.29) is 11.7 Å². The first-order chi connectivity index (χ1) is 9.49. The first-order valence-corrected chi connectivity index (χ1v) is 6.28. The van der Waals surface area contributed by atoms with Crippen molar-refractivity contribution in [3.8, 4) is 0 Å². The molecule has 0 aliphatic carbocycles. The van der Waals surface area contributed by atoms with Crippen LogP contribution < -0.4 is 11.1 Å². The van der Waals surface area contributed by atoms with Crippen molar-refractivity contribution in [3.05, 3.63) is 53.6 Å². The standard InChI is InChI=1S/C14H17FN4O/c1-9(11-5-3-4-6-12(11)15)18-14(20)13(16)10-7-17-19(2)8-10/h3-9,13H,16H2,1-2H3,(H,18,20). The second kappa shape index (κ2) is 5.83. The molecule has 1 aromatic carbocycles. The van der Waals surface area contributed by atoms with Crippen molar-refractivity contribution in [1.82, 2.24) is 15.1 Å². The number of aromatic nitrogens is 2. The van der Waals surface area contributed by atoms with Gasteiger partial charge in [0.2, 0.25) is 5.91 Å². The number of aryl methyl sites for hydroxylation is 1. The van der Waals surface area contributed by atoms with Crippen LogP contribution in [-0.4, -0.2) is 15.7 Å². The van der Waals surface area contributed by atoms with Crippen molar-refractivity contribution >= 4 is 5.91 Å². The summed E-state index contributed by atoms with van der Waals surface area (Å²) in [5, 5.41) is 6.67. The van der Waals surface area contributed by atoms with Gasteiger partial charge >= 0.3 is 0 Å². The van der Waals surface area contributed by atoms with E-state index in [1.807, 2.05) is 0 Å². The molecule has 1 aromatic heterocycles. The summed E-state index contributed by atoms with van der Waals surface area (Å²) in [6.07, 6.45) is 3.22. The molecule has 2 rings (SSSR count). The maximum Gasteiger partial charge on any atom is 0.242 e. The van der Waals surface area contributed by atoms with Crippen molar-refractivity contribution in [1.29, 1.82) is 0 Å². The van der Waals surface area contributed by atoms with Crippen LogP contribution in [0.15, 0.2) is 36.7 Å². The third-order valence-electron chi connectivity index (χ3n) is 3.10. The predicted octanol–water partition coefficient (Wildman–Crippen LogP) is 1.44. The van der Waals surface area contributed by atoms with Crippen LogP contribution in [0.4, 0.5) is 4.39 Å². The van der Waals surface area contributed by atoms with Gasteiger partial charge in [0.1, 0.15) is 11.9 Å². The van der Waals surface area contributed by atoms with Crippen LogP contribution in [-0.2, 0) is 11.8 Å². The summed E-state index contributed by atoms with van der Waals surface area (Å²) >= 11 is 0. The lowest BCUT2D eigenvalue weighted by Gasteiger charge is -2.17. The molecule has 0 aliphatic rings. The highest BCUT2D eigenvalue weighted by atomic mass is 19.1. The van der Waals surface area contributed by atoms with Crippen LogP contribution in [0.25, 0.3) is 0 Å². The van der Waals surface area contributed by atoms with Gasteiger partial charge in [0, 0.05) is 24.4 Å². The molecule has 20 heavy (non-hydrogen) atoms. The number of benzene rings is 1. The molecule has 0 fully saturated rings. The summed E-state index contributed by atoms with van der Waals surface area (Å²) in [4.78, 5) is 12.1. The summed E-state index contributed by atoms with van der Waals surface area (Å²) in [5.41, 5.74) is 6.90. The number of rotatable bonds is 4. The summed E-state index contributed by atoms with van der Waals surface area (Å²) < 4.78 is 15.2. The molecule has 0 saturated heterocycles. The number of nitrogens with one attached hydrogen (secondary N) is 1. The zero-order valence-corrected chi connectivity index (χ0v) is 11.4. The Labute approximate surface area is 116 Å². The largest absolute Gasteiger partial charge is 0.348 e. The number of amides is 1. The van der Waals surface area contributed by atoms with Gasteiger partial charge in [-0.25, -0.2) is 4.39 Å². The number of nitrogens with two attached hydrogens (primary N) is 1. The average molecular weight is 276 g/mol. The normalized spacial score (nSPS) is 13.8. The number of carbonyl (C=O) groups excluding carboxylic acids is 1. The van der Waals surface area contributed by atoms with Crippen molar-refractivity contribution in [2.75, 3.05) is 0 Å². The number of nitrogens with zero attached hydrogens (tertiary/aromatic N) is 2. The van der Waals surface area contributed by atoms with Gasteiger partial charge in [0.25, 0.3) is 0 Å². The van der Waals surface area contributed by atoms with E-state index in [9.17, 15) is 9.18 Å². The number of hydrogen-bond acceptors (Lipinski definition) is 3. The monoisotopic (exact) mass is 276 g/mol. The van der Waals surface area contributed by atoms with Gasteiger partial charge in [-0.05, 0) is 13.0 Å². The van der Waals surface area contributed by atoms with E-state index in [0.29, 0.717) is 11.1 Å². The fourth-order valence-electron chi connectivity index (χ4n) is 1.96. The molecular formula is C14H17FN4O. The maximum atomic E-state index is 13.6. The Morgan fingerprint density at radius 3 is 2.75 bits per heavy atom. The van der Waals surface area contributed by atoms with Gasteiger partial charge in [-0.15, -0.1) is 0 Å². The SMILES string of the molecule is CC(NC(=O)C(N)c1cnn(C)c1)c1ccccc1F. The first kappa shape index (κ1) is 14.2. The molecule has 5 nitrogen and oxygen atoms in total. The molecule has 2 aromatic rings. The van der Waals surface area contributed by atoms with Gasteiger partial charge in [0.05, 0.1) is 12.2 Å². The van der Waals surface area contributed by atoms with E-state index in [1.165, 1.54) is 12.3 Å². The minimum absolute atomic E-state index is 0.352. The zero-order chi connectivity index (χ0) is 14.7. The molecule has 1 heterocycles. The highest BCUT2D eigenvalue weighted by Crippen LogP contribution is 2.17. The van der Waals surface area contributed by atoms with Gasteiger partial charge in [0.15, 0.2) is 0 Å². The molecular weight excluding hydrogens is 259 g/mol. The number of hydrogen-bond donors (Lipinski definition) is 2. The van der Waals surface area contributed by atoms with Gasteiger partial charge in [-0.1, -0.05) is 18.2 Å². The minimum Gasteiger partial charge on any atom is -0.348 e. The Morgan fingerprint density at radius 1 is 1.45 bits per heavy atom. The summed E-state index contributed by atoms with van der Waals surface area (Å²) in [6.45, 7) is 1.71. The Hall–Kier alpha value is -2.21. The van der Waals surface area contributed by atoms with Crippen LogP contribution in [0.1, 0.15) is 30.1 Å². The molecule has 0 radical (unpaired) electrons. The summed E-state index contributed by atoms with van der Waals surface area (Å²) in [6, 6.07) is 5.05. The van der Waals surface area contributed by atoms with Crippen LogP contribution >= 0.6 is 0 Å². The van der Waals surface area contributed by atoms with Crippen LogP contribution in [0, 0.1) is 5.82 Å². The first-order valence-electron chi connectivity index (χ1n) is 6.28. The van der Waals surface area contributed by atoms with Crippen molar-refractivity contribution in [3.63, 3.8) is 0 Å². The lowest BCUT2D eigenvalue weighted by molar-refractivity contribution is -0.123. The highest BCUT2D eigenvalue weighted by Gasteiger charge is 2.20. The highest BCUT2D eigenvalue weighted by molar-refractivity contribution is 5.83. The topological polar surface area (TPSA) is 72.9 Å². The van der Waals surface area contributed by atoms with E-state index in [0.717, 1.165) is 0 Å². The van der Waals surface area contributed by atoms with Crippen LogP contribution in [0.2, 0.25) is 0 Å². The lowest BCUT2D eigenvalue weighted by Crippen LogP contribution is -2.35. The predicted molar refractivity (Wildman–Crippen MR) is 73.1 cm³/mol. The summed E-state index contributed by atoms with van der Waals surface area (Å²) in [7, 11) is 1.75. The van der Waals surface area contributed by atoms with Gasteiger partial charge < -0.3 is 11.1 Å². The molecule has 0 spiro atoms. The van der Waals surface area contributed by atoms with Crippen LogP contribution in [0.3, 0.4) is 0 Å². The molecule has 0 saturated carbocycles. The smallest absolute Gasteiger partial charge is 0.242 e. The van der Waals surface area contributed by atoms with E-state index >= 15 is 0 Å². The third-order valence-corrected chi connectivity index (χ3v) is 3.10. The molecule has 0 aliphatic heterocycles. The van der Waals surface area contributed by atoms with E-state index in [2.05, 4.69) is 10.4 Å². The summed E-state index contributed by atoms with van der Waals surface area (Å²) in [5.74, 6) is -0.719. The van der Waals surface area contributed by atoms with E-state index in [1.54, 1.807) is 43.0 Å². The van der Waals surface area contributed by atoms with Crippen molar-refractivity contribution in [2.45, 2.75) is 19.0 Å². The second-order valence-corrected chi connectivity index (χ2v) is 4.68. The van der Waals surface area contributed by atoms with Crippen molar-refractivity contribution < 1.29 is 9.18 Å². The average Bonchev–Trinajstić information content (AvgIpc) is 2.84. The lowest BCUT2D eigenvalue weighted by atomic mass is 10.1. The van der Waals surface area contributed by atoms with Crippen molar-refractivity contribution in [2.24, 2.45) is 12.8 Å². The molecule has 3 N–H and O–H groups in total. The Balaban J connectivity index is 2.06. The fourth-order valence-corrected chi connectivity index (χ4v) is 1.96. The second-order valence-electron chi connectivity index (χ2n) is 4.68. The Morgan fingerprint density at radius 2 is 2.15 bits per heavy atom. The fraction of sp³-hybridized carbons (Fsp3) is 0.286. The van der Waals surface area contributed by atoms with Gasteiger partial charge in [-0.3, -0.25) is 9.48 Å². The molecule has 6 heteroatoms. The number of halogens is 1. The van der Waals surface area contributed by atoms with E-state index < -0.39 is 12.1 Å². The van der Waals surface area contributed by atoms with Gasteiger partial charge in [-0.2, -0.15) is 5.10 Å². The zero-order valence-electron chi connectivity index (χ0n) is 11.4. The molecule has 106 valence electrons. The Bertz CT molecular complexity index is 611. The van der Waals surface area contributed by atoms with Crippen LogP contribution in [0.5, 0.6) is 0 Å². The van der Waals surface area contributed by atoms with E-state index in [4.69, 9.17) is 5.73 Å². The maximum absolute atomic E-state index is 13.6. The molecule has 0 bridgehead atoms. The number of carbonyl (C=O) groups is 1. The molecule has 1 amide bonds. The Kier molecular flexibility index (Phi) is 4.14.